The minimum absolute atomic E-state index is 0.0644. The van der Waals surface area contributed by atoms with Gasteiger partial charge in [-0.15, -0.1) is 0 Å². The predicted octanol–water partition coefficient (Wildman–Crippen LogP) is 5.65. The van der Waals surface area contributed by atoms with E-state index in [0.717, 1.165) is 25.1 Å². The Bertz CT molecular complexity index is 960. The molecule has 0 amide bonds. The summed E-state index contributed by atoms with van der Waals surface area (Å²) in [6.45, 7) is 7.84. The molecule has 0 bridgehead atoms. The molecule has 1 aliphatic rings. The first kappa shape index (κ1) is 20.0. The zero-order chi connectivity index (χ0) is 20.4. The standard InChI is InChI=1S/C25H31NO3/c1-5-28-20-11-9-19(10-12-20)15-26-16-23(22-8-6-7-17(2)25(22)26)24-14-21(27-4)13-18(3)29-24/h6-12,16,18,21,24H,5,13-15H2,1-4H3/t18-,21+,24-/m1/s1. The van der Waals surface area contributed by atoms with Gasteiger partial charge in [0, 0.05) is 37.2 Å². The Hall–Kier alpha value is -2.30. The van der Waals surface area contributed by atoms with Crippen LogP contribution < -0.4 is 4.74 Å². The molecule has 1 aliphatic heterocycles. The molecule has 2 aromatic carbocycles. The van der Waals surface area contributed by atoms with Crippen LogP contribution in [0.2, 0.25) is 0 Å². The zero-order valence-corrected chi connectivity index (χ0v) is 17.9. The van der Waals surface area contributed by atoms with Gasteiger partial charge in [-0.05, 0) is 50.5 Å². The lowest BCUT2D eigenvalue weighted by molar-refractivity contribution is -0.0998. The van der Waals surface area contributed by atoms with Crippen molar-refractivity contribution >= 4 is 10.9 Å². The molecule has 0 radical (unpaired) electrons. The quantitative estimate of drug-likeness (QED) is 0.542. The Kier molecular flexibility index (Phi) is 5.93. The van der Waals surface area contributed by atoms with Crippen molar-refractivity contribution in [3.8, 4) is 5.75 Å². The van der Waals surface area contributed by atoms with Gasteiger partial charge in [0.2, 0.25) is 0 Å². The molecule has 3 aromatic rings. The first-order valence-corrected chi connectivity index (χ1v) is 10.6. The summed E-state index contributed by atoms with van der Waals surface area (Å²) in [4.78, 5) is 0. The van der Waals surface area contributed by atoms with Gasteiger partial charge in [0.25, 0.3) is 0 Å². The van der Waals surface area contributed by atoms with Crippen LogP contribution in [-0.2, 0) is 16.0 Å². The van der Waals surface area contributed by atoms with E-state index in [2.05, 4.69) is 54.9 Å². The largest absolute Gasteiger partial charge is 0.494 e. The summed E-state index contributed by atoms with van der Waals surface area (Å²) >= 11 is 0. The van der Waals surface area contributed by atoms with Gasteiger partial charge in [0.05, 0.1) is 30.4 Å². The van der Waals surface area contributed by atoms with Crippen molar-refractivity contribution in [2.75, 3.05) is 13.7 Å². The second kappa shape index (κ2) is 8.60. The number of para-hydroxylation sites is 1. The van der Waals surface area contributed by atoms with Crippen LogP contribution in [-0.4, -0.2) is 30.5 Å². The van der Waals surface area contributed by atoms with Crippen molar-refractivity contribution in [3.05, 3.63) is 65.4 Å². The average molecular weight is 394 g/mol. The highest BCUT2D eigenvalue weighted by molar-refractivity contribution is 5.87. The number of hydrogen-bond acceptors (Lipinski definition) is 3. The molecule has 2 heterocycles. The van der Waals surface area contributed by atoms with Crippen molar-refractivity contribution in [1.82, 2.24) is 4.57 Å². The third-order valence-corrected chi connectivity index (χ3v) is 5.87. The predicted molar refractivity (Wildman–Crippen MR) is 117 cm³/mol. The Morgan fingerprint density at radius 1 is 1.10 bits per heavy atom. The van der Waals surface area contributed by atoms with Gasteiger partial charge in [-0.25, -0.2) is 0 Å². The third kappa shape index (κ3) is 4.19. The summed E-state index contributed by atoms with van der Waals surface area (Å²) < 4.78 is 20.0. The molecular formula is C25H31NO3. The van der Waals surface area contributed by atoms with Crippen LogP contribution in [0.15, 0.2) is 48.7 Å². The number of methoxy groups -OCH3 is 1. The molecule has 3 atom stereocenters. The van der Waals surface area contributed by atoms with E-state index in [4.69, 9.17) is 14.2 Å². The van der Waals surface area contributed by atoms with Gasteiger partial charge in [-0.1, -0.05) is 30.3 Å². The van der Waals surface area contributed by atoms with E-state index in [-0.39, 0.29) is 18.3 Å². The minimum Gasteiger partial charge on any atom is -0.494 e. The van der Waals surface area contributed by atoms with Crippen molar-refractivity contribution in [2.24, 2.45) is 0 Å². The van der Waals surface area contributed by atoms with E-state index in [1.54, 1.807) is 7.11 Å². The average Bonchev–Trinajstić information content (AvgIpc) is 3.09. The van der Waals surface area contributed by atoms with Gasteiger partial charge < -0.3 is 18.8 Å². The van der Waals surface area contributed by atoms with Crippen LogP contribution in [0.3, 0.4) is 0 Å². The first-order chi connectivity index (χ1) is 14.1. The van der Waals surface area contributed by atoms with Gasteiger partial charge in [0.1, 0.15) is 5.75 Å². The summed E-state index contributed by atoms with van der Waals surface area (Å²) in [5.41, 5.74) is 5.09. The van der Waals surface area contributed by atoms with Gasteiger partial charge in [-0.2, -0.15) is 0 Å². The number of aromatic nitrogens is 1. The van der Waals surface area contributed by atoms with Crippen LogP contribution >= 0.6 is 0 Å². The second-order valence-electron chi connectivity index (χ2n) is 8.02. The lowest BCUT2D eigenvalue weighted by atomic mass is 9.96. The Labute approximate surface area is 173 Å². The van der Waals surface area contributed by atoms with Crippen LogP contribution in [0.4, 0.5) is 0 Å². The van der Waals surface area contributed by atoms with Crippen LogP contribution in [0.1, 0.15) is 49.5 Å². The summed E-state index contributed by atoms with van der Waals surface area (Å²) in [5, 5.41) is 1.28. The fourth-order valence-corrected chi connectivity index (χ4v) is 4.50. The lowest BCUT2D eigenvalue weighted by Gasteiger charge is -2.33. The fourth-order valence-electron chi connectivity index (χ4n) is 4.50. The zero-order valence-electron chi connectivity index (χ0n) is 17.9. The summed E-state index contributed by atoms with van der Waals surface area (Å²) in [5.74, 6) is 0.917. The molecule has 1 aromatic heterocycles. The van der Waals surface area contributed by atoms with Crippen LogP contribution in [0.25, 0.3) is 10.9 Å². The maximum Gasteiger partial charge on any atom is 0.119 e. The SMILES string of the molecule is CCOc1ccc(Cn2cc([C@H]3C[C@@H](OC)C[C@@H](C)O3)c3cccc(C)c32)cc1. The molecule has 0 aliphatic carbocycles. The maximum atomic E-state index is 6.35. The molecule has 0 N–H and O–H groups in total. The number of fused-ring (bicyclic) bond motifs is 1. The highest BCUT2D eigenvalue weighted by Crippen LogP contribution is 2.38. The molecular weight excluding hydrogens is 362 g/mol. The Balaban J connectivity index is 1.69. The first-order valence-electron chi connectivity index (χ1n) is 10.6. The molecule has 0 spiro atoms. The van der Waals surface area contributed by atoms with Crippen molar-refractivity contribution in [2.45, 2.75) is 58.5 Å². The molecule has 0 unspecified atom stereocenters. The van der Waals surface area contributed by atoms with Crippen LogP contribution in [0, 0.1) is 6.92 Å². The number of hydrogen-bond donors (Lipinski definition) is 0. The number of ether oxygens (including phenoxy) is 3. The van der Waals surface area contributed by atoms with E-state index in [1.165, 1.54) is 27.6 Å². The minimum atomic E-state index is 0.0644. The monoisotopic (exact) mass is 393 g/mol. The summed E-state index contributed by atoms with van der Waals surface area (Å²) in [6.07, 6.45) is 4.65. The van der Waals surface area contributed by atoms with E-state index in [0.29, 0.717) is 6.61 Å². The molecule has 4 heteroatoms. The summed E-state index contributed by atoms with van der Waals surface area (Å²) in [7, 11) is 1.80. The lowest BCUT2D eigenvalue weighted by Crippen LogP contribution is -2.30. The number of benzene rings is 2. The molecule has 154 valence electrons. The molecule has 29 heavy (non-hydrogen) atoms. The summed E-state index contributed by atoms with van der Waals surface area (Å²) in [6, 6.07) is 14.9. The van der Waals surface area contributed by atoms with Crippen molar-refractivity contribution in [1.29, 1.82) is 0 Å². The van der Waals surface area contributed by atoms with E-state index in [1.807, 2.05) is 19.1 Å². The highest BCUT2D eigenvalue weighted by atomic mass is 16.5. The van der Waals surface area contributed by atoms with Crippen LogP contribution in [0.5, 0.6) is 5.75 Å². The molecule has 4 rings (SSSR count). The molecule has 4 nitrogen and oxygen atoms in total. The van der Waals surface area contributed by atoms with Gasteiger partial charge >= 0.3 is 0 Å². The smallest absolute Gasteiger partial charge is 0.119 e. The number of rotatable bonds is 6. The Morgan fingerprint density at radius 2 is 1.90 bits per heavy atom. The van der Waals surface area contributed by atoms with Crippen molar-refractivity contribution in [3.63, 3.8) is 0 Å². The Morgan fingerprint density at radius 3 is 2.62 bits per heavy atom. The van der Waals surface area contributed by atoms with E-state index >= 15 is 0 Å². The van der Waals surface area contributed by atoms with E-state index in [9.17, 15) is 0 Å². The number of nitrogens with zero attached hydrogens (tertiary/aromatic N) is 1. The van der Waals surface area contributed by atoms with E-state index < -0.39 is 0 Å². The molecule has 1 fully saturated rings. The van der Waals surface area contributed by atoms with Gasteiger partial charge in [0.15, 0.2) is 0 Å². The highest BCUT2D eigenvalue weighted by Gasteiger charge is 2.30. The fraction of sp³-hybridized carbons (Fsp3) is 0.440. The normalized spacial score (nSPS) is 22.1. The second-order valence-corrected chi connectivity index (χ2v) is 8.02. The third-order valence-electron chi connectivity index (χ3n) is 5.87. The van der Waals surface area contributed by atoms with Gasteiger partial charge in [-0.3, -0.25) is 0 Å². The van der Waals surface area contributed by atoms with Crippen molar-refractivity contribution < 1.29 is 14.2 Å². The molecule has 1 saturated heterocycles. The topological polar surface area (TPSA) is 32.6 Å². The molecule has 0 saturated carbocycles. The number of aryl methyl sites for hydroxylation is 1. The maximum absolute atomic E-state index is 6.35.